The van der Waals surface area contributed by atoms with Gasteiger partial charge in [-0.1, -0.05) is 63.7 Å². The summed E-state index contributed by atoms with van der Waals surface area (Å²) in [4.78, 5) is 0. The monoisotopic (exact) mass is 500 g/mol. The fourth-order valence-corrected chi connectivity index (χ4v) is 3.93. The molecule has 2 aliphatic rings. The Kier molecular flexibility index (Phi) is 5.77. The first-order valence-corrected chi connectivity index (χ1v) is 9.61. The van der Waals surface area contributed by atoms with Crippen molar-refractivity contribution in [1.29, 1.82) is 0 Å². The van der Waals surface area contributed by atoms with Gasteiger partial charge in [-0.2, -0.15) is 0 Å². The zero-order valence-corrected chi connectivity index (χ0v) is 15.1. The molecule has 0 aromatic heterocycles. The van der Waals surface area contributed by atoms with Crippen molar-refractivity contribution in [3.8, 4) is 0 Å². The SMILES string of the molecule is BrCC1OC2(OC1CBr)OC(CBr)C(CBr)O2. The largest absolute Gasteiger partial charge is 0.414 e. The van der Waals surface area contributed by atoms with E-state index in [4.69, 9.17) is 18.9 Å². The maximum Gasteiger partial charge on any atom is 0.414 e. The van der Waals surface area contributed by atoms with Gasteiger partial charge in [-0.3, -0.25) is 18.9 Å². The molecule has 0 aromatic carbocycles. The van der Waals surface area contributed by atoms with Crippen LogP contribution in [0.2, 0.25) is 0 Å². The minimum atomic E-state index is -1.34. The Bertz CT molecular complexity index is 214. The van der Waals surface area contributed by atoms with Crippen LogP contribution in [-0.2, 0) is 18.9 Å². The van der Waals surface area contributed by atoms with E-state index < -0.39 is 6.16 Å². The number of hydrogen-bond acceptors (Lipinski definition) is 4. The number of halogens is 4. The fraction of sp³-hybridized carbons (Fsp3) is 1.00. The van der Waals surface area contributed by atoms with Gasteiger partial charge in [0.15, 0.2) is 0 Å². The van der Waals surface area contributed by atoms with Crippen LogP contribution in [0.3, 0.4) is 0 Å². The molecule has 2 rings (SSSR count). The molecule has 100 valence electrons. The second-order valence-electron chi connectivity index (χ2n) is 3.74. The molecule has 0 aromatic rings. The van der Waals surface area contributed by atoms with Crippen LogP contribution in [0, 0.1) is 0 Å². The van der Waals surface area contributed by atoms with Crippen molar-refractivity contribution >= 4 is 63.7 Å². The Morgan fingerprint density at radius 3 is 1.00 bits per heavy atom. The highest BCUT2D eigenvalue weighted by molar-refractivity contribution is 9.09. The van der Waals surface area contributed by atoms with Gasteiger partial charge in [-0.05, 0) is 0 Å². The second kappa shape index (κ2) is 6.47. The third-order valence-electron chi connectivity index (χ3n) is 2.62. The molecule has 0 radical (unpaired) electrons. The quantitative estimate of drug-likeness (QED) is 0.553. The van der Waals surface area contributed by atoms with Crippen LogP contribution < -0.4 is 0 Å². The minimum absolute atomic E-state index is 0.0839. The third kappa shape index (κ3) is 3.09. The Labute approximate surface area is 134 Å². The molecule has 2 saturated heterocycles. The first-order valence-electron chi connectivity index (χ1n) is 5.13. The van der Waals surface area contributed by atoms with E-state index in [0.717, 1.165) is 0 Å². The molecule has 0 saturated carbocycles. The smallest absolute Gasteiger partial charge is 0.296 e. The van der Waals surface area contributed by atoms with Crippen molar-refractivity contribution in [3.63, 3.8) is 0 Å². The summed E-state index contributed by atoms with van der Waals surface area (Å²) < 4.78 is 23.0. The Morgan fingerprint density at radius 2 is 0.824 bits per heavy atom. The number of ether oxygens (including phenoxy) is 4. The highest BCUT2D eigenvalue weighted by Crippen LogP contribution is 2.40. The number of alkyl halides is 4. The van der Waals surface area contributed by atoms with E-state index in [0.29, 0.717) is 21.3 Å². The highest BCUT2D eigenvalue weighted by Gasteiger charge is 2.57. The Hall–Kier alpha value is 1.76. The van der Waals surface area contributed by atoms with E-state index in [1.54, 1.807) is 0 Å². The molecular formula is C9H12Br4O4. The summed E-state index contributed by atoms with van der Waals surface area (Å²) >= 11 is 13.6. The van der Waals surface area contributed by atoms with Crippen LogP contribution >= 0.6 is 63.7 Å². The van der Waals surface area contributed by atoms with Crippen LogP contribution in [0.1, 0.15) is 0 Å². The van der Waals surface area contributed by atoms with Crippen molar-refractivity contribution < 1.29 is 18.9 Å². The lowest BCUT2D eigenvalue weighted by Gasteiger charge is -2.19. The van der Waals surface area contributed by atoms with Gasteiger partial charge in [0.25, 0.3) is 0 Å². The summed E-state index contributed by atoms with van der Waals surface area (Å²) in [6.07, 6.45) is -1.67. The van der Waals surface area contributed by atoms with E-state index in [1.165, 1.54) is 0 Å². The summed E-state index contributed by atoms with van der Waals surface area (Å²) in [6.45, 7) is 0. The van der Waals surface area contributed by atoms with E-state index in [-0.39, 0.29) is 24.4 Å². The first-order chi connectivity index (χ1) is 8.18. The van der Waals surface area contributed by atoms with Crippen LogP contribution in [-0.4, -0.2) is 51.9 Å². The lowest BCUT2D eigenvalue weighted by molar-refractivity contribution is -0.436. The average Bonchev–Trinajstić information content (AvgIpc) is 2.89. The molecule has 0 aliphatic carbocycles. The molecule has 4 nitrogen and oxygen atoms in total. The van der Waals surface area contributed by atoms with Gasteiger partial charge in [-0.15, -0.1) is 0 Å². The summed E-state index contributed by atoms with van der Waals surface area (Å²) in [6, 6.07) is 0. The highest BCUT2D eigenvalue weighted by atomic mass is 79.9. The van der Waals surface area contributed by atoms with Crippen LogP contribution in [0.5, 0.6) is 0 Å². The second-order valence-corrected chi connectivity index (χ2v) is 6.33. The molecule has 4 unspecified atom stereocenters. The summed E-state index contributed by atoms with van der Waals surface area (Å²) in [5.74, 6) is 0. The average molecular weight is 504 g/mol. The molecule has 17 heavy (non-hydrogen) atoms. The van der Waals surface area contributed by atoms with E-state index in [9.17, 15) is 0 Å². The molecule has 4 atom stereocenters. The summed E-state index contributed by atoms with van der Waals surface area (Å²) in [5.41, 5.74) is 0. The maximum atomic E-state index is 5.74. The Balaban J connectivity index is 2.07. The van der Waals surface area contributed by atoms with Gasteiger partial charge in [0, 0.05) is 21.3 Å². The number of hydrogen-bond donors (Lipinski definition) is 0. The first kappa shape index (κ1) is 15.2. The minimum Gasteiger partial charge on any atom is -0.296 e. The Morgan fingerprint density at radius 1 is 0.588 bits per heavy atom. The van der Waals surface area contributed by atoms with Gasteiger partial charge < -0.3 is 0 Å². The molecule has 8 heteroatoms. The molecular weight excluding hydrogens is 492 g/mol. The number of rotatable bonds is 4. The lowest BCUT2D eigenvalue weighted by atomic mass is 10.3. The van der Waals surface area contributed by atoms with Crippen molar-refractivity contribution in [2.75, 3.05) is 21.3 Å². The molecule has 0 amide bonds. The third-order valence-corrected chi connectivity index (χ3v) is 5.17. The van der Waals surface area contributed by atoms with Gasteiger partial charge in [0.2, 0.25) is 0 Å². The van der Waals surface area contributed by atoms with Gasteiger partial charge in [-0.25, -0.2) is 0 Å². The van der Waals surface area contributed by atoms with Crippen molar-refractivity contribution in [2.45, 2.75) is 30.6 Å². The maximum absolute atomic E-state index is 5.74. The van der Waals surface area contributed by atoms with Crippen molar-refractivity contribution in [1.82, 2.24) is 0 Å². The fourth-order valence-electron chi connectivity index (χ4n) is 1.74. The molecule has 0 bridgehead atoms. The molecule has 2 fully saturated rings. The standard InChI is InChI=1S/C9H12Br4O4/c10-1-5-6(2-11)15-9(14-5)16-7(3-12)8(4-13)17-9/h5-8H,1-4H2. The predicted molar refractivity (Wildman–Crippen MR) is 77.4 cm³/mol. The lowest BCUT2D eigenvalue weighted by Crippen LogP contribution is -2.33. The normalized spacial score (nSPS) is 45.9. The molecule has 1 spiro atoms. The predicted octanol–water partition coefficient (Wildman–Crippen LogP) is 2.75. The molecule has 0 N–H and O–H groups in total. The van der Waals surface area contributed by atoms with E-state index >= 15 is 0 Å². The van der Waals surface area contributed by atoms with Crippen molar-refractivity contribution in [2.24, 2.45) is 0 Å². The molecule has 2 aliphatic heterocycles. The van der Waals surface area contributed by atoms with E-state index in [1.807, 2.05) is 0 Å². The van der Waals surface area contributed by atoms with Crippen molar-refractivity contribution in [3.05, 3.63) is 0 Å². The van der Waals surface area contributed by atoms with Gasteiger partial charge in [0.1, 0.15) is 24.4 Å². The zero-order chi connectivity index (χ0) is 12.5. The molecule has 2 heterocycles. The zero-order valence-electron chi connectivity index (χ0n) is 8.78. The van der Waals surface area contributed by atoms with Gasteiger partial charge in [0.05, 0.1) is 0 Å². The van der Waals surface area contributed by atoms with Crippen LogP contribution in [0.4, 0.5) is 0 Å². The topological polar surface area (TPSA) is 36.9 Å². The summed E-state index contributed by atoms with van der Waals surface area (Å²) in [7, 11) is 0. The van der Waals surface area contributed by atoms with Gasteiger partial charge >= 0.3 is 6.16 Å². The van der Waals surface area contributed by atoms with E-state index in [2.05, 4.69) is 63.7 Å². The van der Waals surface area contributed by atoms with Crippen LogP contribution in [0.25, 0.3) is 0 Å². The van der Waals surface area contributed by atoms with Crippen LogP contribution in [0.15, 0.2) is 0 Å². The summed E-state index contributed by atoms with van der Waals surface area (Å²) in [5, 5.41) is 2.71.